The van der Waals surface area contributed by atoms with Crippen LogP contribution in [0, 0.1) is 0 Å². The predicted octanol–water partition coefficient (Wildman–Crippen LogP) is 6.55. The van der Waals surface area contributed by atoms with Crippen LogP contribution in [0.15, 0.2) is 36.5 Å². The molecule has 0 unspecified atom stereocenters. The number of nitrogens with one attached hydrogen (secondary N) is 2. The van der Waals surface area contributed by atoms with E-state index in [0.29, 0.717) is 17.1 Å². The van der Waals surface area contributed by atoms with E-state index in [2.05, 4.69) is 37.3 Å². The number of methoxy groups -OCH3 is 1. The third-order valence-corrected chi connectivity index (χ3v) is 6.27. The molecule has 0 aliphatic carbocycles. The van der Waals surface area contributed by atoms with Crippen molar-refractivity contribution < 1.29 is 27.2 Å². The molecule has 0 atom stereocenters. The highest BCUT2D eigenvalue weighted by Gasteiger charge is 2.31. The number of anilines is 4. The van der Waals surface area contributed by atoms with Gasteiger partial charge in [0, 0.05) is 19.2 Å². The Kier molecular flexibility index (Phi) is 8.16. The Morgan fingerprint density at radius 1 is 1.05 bits per heavy atom. The van der Waals surface area contributed by atoms with E-state index in [1.165, 1.54) is 35.5 Å². The number of nitrogens with zero attached hydrogens (tertiary/aromatic N) is 3. The molecule has 4 rings (SSSR count). The van der Waals surface area contributed by atoms with Crippen molar-refractivity contribution in [2.24, 2.45) is 0 Å². The fourth-order valence-electron chi connectivity index (χ4n) is 3.83. The van der Waals surface area contributed by atoms with Gasteiger partial charge in [-0.1, -0.05) is 11.6 Å². The lowest BCUT2D eigenvalue weighted by atomic mass is 9.99. The maximum atomic E-state index is 12.7. The van der Waals surface area contributed by atoms with Gasteiger partial charge in [0.05, 0.1) is 32.8 Å². The Balaban J connectivity index is 1.61. The summed E-state index contributed by atoms with van der Waals surface area (Å²) in [4.78, 5) is 11.0. The third-order valence-electron chi connectivity index (χ3n) is 5.44. The maximum absolute atomic E-state index is 12.7. The minimum atomic E-state index is -4.82. The van der Waals surface area contributed by atoms with Gasteiger partial charge >= 0.3 is 6.36 Å². The number of alkyl halides is 3. The van der Waals surface area contributed by atoms with Crippen molar-refractivity contribution in [3.63, 3.8) is 0 Å². The largest absolute Gasteiger partial charge is 0.573 e. The van der Waals surface area contributed by atoms with E-state index in [4.69, 9.17) is 20.9 Å². The van der Waals surface area contributed by atoms with Crippen LogP contribution in [0.2, 0.25) is 5.02 Å². The zero-order valence-electron chi connectivity index (χ0n) is 20.6. The fourth-order valence-corrected chi connectivity index (χ4v) is 4.52. The topological polar surface area (TPSA) is 80.8 Å². The molecule has 0 bridgehead atoms. The molecular weight excluding hydrogens is 530 g/mol. The fraction of sp³-hybridized carbons (Fsp3) is 0.333. The summed E-state index contributed by atoms with van der Waals surface area (Å²) in [5, 5.41) is 6.43. The molecule has 2 N–H and O–H groups in total. The number of ether oxygens (including phenoxy) is 2. The van der Waals surface area contributed by atoms with Gasteiger partial charge in [-0.25, -0.2) is 4.98 Å². The first-order valence-electron chi connectivity index (χ1n) is 11.2. The molecule has 0 saturated heterocycles. The number of hydrogen-bond acceptors (Lipinski definition) is 8. The molecule has 13 heteroatoms. The molecule has 1 aliphatic heterocycles. The molecule has 2 aromatic carbocycles. The van der Waals surface area contributed by atoms with Crippen molar-refractivity contribution in [3.8, 4) is 17.2 Å². The first-order chi connectivity index (χ1) is 17.5. The molecule has 0 amide bonds. The summed E-state index contributed by atoms with van der Waals surface area (Å²) < 4.78 is 53.5. The van der Waals surface area contributed by atoms with Crippen LogP contribution in [0.25, 0.3) is 0 Å². The molecule has 3 aromatic rings. The SMILES string of the molecule is COc1cc2c(cc1Nc1ncc(Cl)c(Nc3ccc(OC(F)(F)F)cc3OP(C)C)n1)CN(C)CC2. The van der Waals surface area contributed by atoms with Crippen LogP contribution in [-0.4, -0.2) is 55.3 Å². The van der Waals surface area contributed by atoms with E-state index in [1.54, 1.807) is 7.11 Å². The minimum Gasteiger partial charge on any atom is -0.495 e. The maximum Gasteiger partial charge on any atom is 0.573 e. The zero-order valence-corrected chi connectivity index (χ0v) is 22.3. The van der Waals surface area contributed by atoms with Gasteiger partial charge in [-0.2, -0.15) is 4.98 Å². The Morgan fingerprint density at radius 2 is 1.84 bits per heavy atom. The summed E-state index contributed by atoms with van der Waals surface area (Å²) in [6.07, 6.45) is -2.46. The summed E-state index contributed by atoms with van der Waals surface area (Å²) in [7, 11) is 2.72. The standard InChI is InChI=1S/C24H26ClF3N5O3P/c1-33-8-7-14-10-20(34-2)19(9-15(14)13-33)31-23-29-12-17(25)22(32-23)30-18-6-5-16(35-24(26,27)28)11-21(18)36-37(3)4/h5-6,9-12H,7-8,13H2,1-4H3,(H2,29,30,31,32). The first kappa shape index (κ1) is 27.0. The second kappa shape index (κ2) is 11.2. The van der Waals surface area contributed by atoms with E-state index < -0.39 is 20.3 Å². The average molecular weight is 556 g/mol. The molecule has 37 heavy (non-hydrogen) atoms. The molecule has 8 nitrogen and oxygen atoms in total. The zero-order chi connectivity index (χ0) is 26.7. The number of likely N-dealkylation sites (N-methyl/N-ethyl adjacent to an activating group) is 1. The average Bonchev–Trinajstić information content (AvgIpc) is 2.81. The molecule has 0 fully saturated rings. The molecule has 2 heterocycles. The summed E-state index contributed by atoms with van der Waals surface area (Å²) >= 11 is 6.34. The van der Waals surface area contributed by atoms with Gasteiger partial charge in [0.25, 0.3) is 0 Å². The van der Waals surface area contributed by atoms with Crippen molar-refractivity contribution in [3.05, 3.63) is 52.7 Å². The molecule has 0 saturated carbocycles. The van der Waals surface area contributed by atoms with Crippen LogP contribution in [0.3, 0.4) is 0 Å². The molecule has 198 valence electrons. The summed E-state index contributed by atoms with van der Waals surface area (Å²) in [5.74, 6) is 0.920. The number of hydrogen-bond donors (Lipinski definition) is 2. The van der Waals surface area contributed by atoms with Gasteiger partial charge in [0.2, 0.25) is 5.95 Å². The van der Waals surface area contributed by atoms with E-state index in [0.717, 1.165) is 19.5 Å². The van der Waals surface area contributed by atoms with Gasteiger partial charge < -0.3 is 29.5 Å². The van der Waals surface area contributed by atoms with Crippen LogP contribution < -0.4 is 24.6 Å². The summed E-state index contributed by atoms with van der Waals surface area (Å²) in [6.45, 7) is 5.43. The smallest absolute Gasteiger partial charge is 0.495 e. The van der Waals surface area contributed by atoms with Crippen molar-refractivity contribution in [2.75, 3.05) is 44.7 Å². The highest BCUT2D eigenvalue weighted by molar-refractivity contribution is 7.51. The van der Waals surface area contributed by atoms with E-state index in [9.17, 15) is 13.2 Å². The van der Waals surface area contributed by atoms with Gasteiger partial charge in [-0.05, 0) is 62.2 Å². The van der Waals surface area contributed by atoms with Crippen molar-refractivity contribution in [1.82, 2.24) is 14.9 Å². The summed E-state index contributed by atoms with van der Waals surface area (Å²) in [5.41, 5.74) is 3.48. The normalized spacial score (nSPS) is 13.8. The van der Waals surface area contributed by atoms with Gasteiger partial charge in [-0.3, -0.25) is 0 Å². The molecule has 0 radical (unpaired) electrons. The monoisotopic (exact) mass is 555 g/mol. The van der Waals surface area contributed by atoms with E-state index in [-0.39, 0.29) is 22.5 Å². The summed E-state index contributed by atoms with van der Waals surface area (Å²) in [6, 6.07) is 7.79. The number of rotatable bonds is 8. The number of aromatic nitrogens is 2. The van der Waals surface area contributed by atoms with Crippen LogP contribution in [-0.2, 0) is 13.0 Å². The van der Waals surface area contributed by atoms with E-state index >= 15 is 0 Å². The predicted molar refractivity (Wildman–Crippen MR) is 139 cm³/mol. The number of benzene rings is 2. The lowest BCUT2D eigenvalue weighted by Crippen LogP contribution is -2.26. The molecule has 1 aromatic heterocycles. The van der Waals surface area contributed by atoms with Gasteiger partial charge in [0.15, 0.2) is 5.82 Å². The minimum absolute atomic E-state index is 0.169. The lowest BCUT2D eigenvalue weighted by Gasteiger charge is -2.26. The molecule has 0 spiro atoms. The highest BCUT2D eigenvalue weighted by Crippen LogP contribution is 2.41. The number of halogens is 4. The highest BCUT2D eigenvalue weighted by atomic mass is 35.5. The van der Waals surface area contributed by atoms with Crippen LogP contribution >= 0.6 is 19.7 Å². The Bertz CT molecular complexity index is 1280. The Hall–Kier alpha value is -3.01. The lowest BCUT2D eigenvalue weighted by molar-refractivity contribution is -0.274. The second-order valence-corrected chi connectivity index (χ2v) is 10.8. The van der Waals surface area contributed by atoms with E-state index in [1.807, 2.05) is 25.5 Å². The van der Waals surface area contributed by atoms with Crippen LogP contribution in [0.1, 0.15) is 11.1 Å². The first-order valence-corrected chi connectivity index (χ1v) is 13.7. The second-order valence-electron chi connectivity index (χ2n) is 8.56. The number of fused-ring (bicyclic) bond motifs is 1. The van der Waals surface area contributed by atoms with Crippen molar-refractivity contribution >= 4 is 42.9 Å². The third kappa shape index (κ3) is 7.06. The Morgan fingerprint density at radius 3 is 2.54 bits per heavy atom. The van der Waals surface area contributed by atoms with Crippen molar-refractivity contribution in [1.29, 1.82) is 0 Å². The van der Waals surface area contributed by atoms with Gasteiger partial charge in [-0.15, -0.1) is 13.2 Å². The van der Waals surface area contributed by atoms with Crippen LogP contribution in [0.5, 0.6) is 17.2 Å². The quantitative estimate of drug-likeness (QED) is 0.303. The van der Waals surface area contributed by atoms with Crippen LogP contribution in [0.4, 0.5) is 36.3 Å². The molecular formula is C24H26ClF3N5O3P. The van der Waals surface area contributed by atoms with Gasteiger partial charge in [0.1, 0.15) is 22.3 Å². The van der Waals surface area contributed by atoms with Crippen molar-refractivity contribution in [2.45, 2.75) is 19.3 Å². The molecule has 1 aliphatic rings. The Labute approximate surface area is 218 Å².